The molecule has 0 spiro atoms. The molecule has 0 radical (unpaired) electrons. The fourth-order valence-electron chi connectivity index (χ4n) is 3.22. The van der Waals surface area contributed by atoms with E-state index in [0.29, 0.717) is 23.1 Å². The molecule has 1 N–H and O–H groups in total. The van der Waals surface area contributed by atoms with Gasteiger partial charge < -0.3 is 10.1 Å². The van der Waals surface area contributed by atoms with Crippen LogP contribution in [0.1, 0.15) is 12.8 Å². The van der Waals surface area contributed by atoms with Crippen LogP contribution in [0.15, 0.2) is 29.2 Å². The summed E-state index contributed by atoms with van der Waals surface area (Å²) in [5.41, 5.74) is 0. The molecule has 0 aliphatic carbocycles. The first-order valence-corrected chi connectivity index (χ1v) is 8.43. The molecule has 2 fully saturated rings. The van der Waals surface area contributed by atoms with E-state index in [4.69, 9.17) is 4.74 Å². The standard InChI is InChI=1S/C14H20N2O3S/c1-19-12-5-2-6-13(8-12)20(17,18)16-7-3-4-11-9-15-10-14(11)16/h2,5-6,8,11,14-15H,3-4,7,9-10H2,1H3. The van der Waals surface area contributed by atoms with E-state index in [1.54, 1.807) is 35.7 Å². The SMILES string of the molecule is COc1cccc(S(=O)(=O)N2CCCC3CNCC32)c1. The molecule has 110 valence electrons. The van der Waals surface area contributed by atoms with E-state index >= 15 is 0 Å². The van der Waals surface area contributed by atoms with Gasteiger partial charge in [-0.25, -0.2) is 8.42 Å². The molecule has 2 aliphatic heterocycles. The zero-order chi connectivity index (χ0) is 14.2. The molecule has 2 unspecified atom stereocenters. The van der Waals surface area contributed by atoms with Crippen LogP contribution in [-0.2, 0) is 10.0 Å². The first kappa shape index (κ1) is 13.9. The summed E-state index contributed by atoms with van der Waals surface area (Å²) in [4.78, 5) is 0.324. The normalized spacial score (nSPS) is 27.2. The smallest absolute Gasteiger partial charge is 0.243 e. The fraction of sp³-hybridized carbons (Fsp3) is 0.571. The quantitative estimate of drug-likeness (QED) is 0.906. The zero-order valence-corrected chi connectivity index (χ0v) is 12.4. The third-order valence-electron chi connectivity index (χ3n) is 4.28. The molecule has 0 amide bonds. The van der Waals surface area contributed by atoms with E-state index in [2.05, 4.69) is 5.32 Å². The molecule has 2 aliphatic rings. The maximum Gasteiger partial charge on any atom is 0.243 e. The van der Waals surface area contributed by atoms with Crippen LogP contribution in [-0.4, -0.2) is 45.5 Å². The highest BCUT2D eigenvalue weighted by molar-refractivity contribution is 7.89. The van der Waals surface area contributed by atoms with Crippen LogP contribution in [0.3, 0.4) is 0 Å². The predicted molar refractivity (Wildman–Crippen MR) is 76.3 cm³/mol. The predicted octanol–water partition coefficient (Wildman–Crippen LogP) is 1.07. The molecule has 0 aromatic heterocycles. The Morgan fingerprint density at radius 3 is 3.00 bits per heavy atom. The molecule has 2 saturated heterocycles. The lowest BCUT2D eigenvalue weighted by atomic mass is 9.94. The van der Waals surface area contributed by atoms with E-state index in [1.807, 2.05) is 0 Å². The summed E-state index contributed by atoms with van der Waals surface area (Å²) >= 11 is 0. The van der Waals surface area contributed by atoms with E-state index in [0.717, 1.165) is 25.9 Å². The minimum absolute atomic E-state index is 0.0972. The lowest BCUT2D eigenvalue weighted by Crippen LogP contribution is -2.48. The van der Waals surface area contributed by atoms with Crippen molar-refractivity contribution < 1.29 is 13.2 Å². The highest BCUT2D eigenvalue weighted by Crippen LogP contribution is 2.31. The minimum atomic E-state index is -3.44. The third-order valence-corrected chi connectivity index (χ3v) is 6.20. The molecule has 6 heteroatoms. The van der Waals surface area contributed by atoms with Crippen LogP contribution in [0.25, 0.3) is 0 Å². The molecule has 1 aromatic carbocycles. The molecular weight excluding hydrogens is 276 g/mol. The van der Waals surface area contributed by atoms with Crippen molar-refractivity contribution in [1.82, 2.24) is 9.62 Å². The lowest BCUT2D eigenvalue weighted by molar-refractivity contribution is 0.217. The minimum Gasteiger partial charge on any atom is -0.497 e. The van der Waals surface area contributed by atoms with Gasteiger partial charge in [0.1, 0.15) is 5.75 Å². The molecule has 3 rings (SSSR count). The van der Waals surface area contributed by atoms with Gasteiger partial charge >= 0.3 is 0 Å². The van der Waals surface area contributed by atoms with E-state index in [1.165, 1.54) is 0 Å². The summed E-state index contributed by atoms with van der Waals surface area (Å²) in [6.07, 6.45) is 2.05. The number of piperidine rings is 1. The Labute approximate surface area is 120 Å². The average Bonchev–Trinajstić information content (AvgIpc) is 2.95. The maximum atomic E-state index is 12.8. The second kappa shape index (κ2) is 5.35. The van der Waals surface area contributed by atoms with E-state index in [-0.39, 0.29) is 6.04 Å². The monoisotopic (exact) mass is 296 g/mol. The first-order chi connectivity index (χ1) is 9.63. The Bertz CT molecular complexity index is 588. The van der Waals surface area contributed by atoms with Crippen molar-refractivity contribution in [1.29, 1.82) is 0 Å². The van der Waals surface area contributed by atoms with Crippen LogP contribution in [0.4, 0.5) is 0 Å². The Kier molecular flexibility index (Phi) is 3.70. The largest absolute Gasteiger partial charge is 0.497 e. The lowest BCUT2D eigenvalue weighted by Gasteiger charge is -2.35. The van der Waals surface area contributed by atoms with Crippen molar-refractivity contribution in [3.05, 3.63) is 24.3 Å². The number of methoxy groups -OCH3 is 1. The summed E-state index contributed by atoms with van der Waals surface area (Å²) in [6, 6.07) is 6.82. The van der Waals surface area contributed by atoms with Gasteiger partial charge in [-0.15, -0.1) is 0 Å². The Morgan fingerprint density at radius 1 is 1.35 bits per heavy atom. The highest BCUT2D eigenvalue weighted by atomic mass is 32.2. The van der Waals surface area contributed by atoms with Gasteiger partial charge in [0.05, 0.1) is 12.0 Å². The number of ether oxygens (including phenoxy) is 1. The number of benzene rings is 1. The van der Waals surface area contributed by atoms with E-state index in [9.17, 15) is 8.42 Å². The third kappa shape index (κ3) is 2.32. The second-order valence-electron chi connectivity index (χ2n) is 5.42. The summed E-state index contributed by atoms with van der Waals surface area (Å²) in [7, 11) is -1.89. The molecular formula is C14H20N2O3S. The van der Waals surface area contributed by atoms with Crippen LogP contribution < -0.4 is 10.1 Å². The van der Waals surface area contributed by atoms with Gasteiger partial charge in [0.2, 0.25) is 10.0 Å². The van der Waals surface area contributed by atoms with Gasteiger partial charge in [-0.05, 0) is 37.4 Å². The number of sulfonamides is 1. The zero-order valence-electron chi connectivity index (χ0n) is 11.6. The van der Waals surface area contributed by atoms with Crippen molar-refractivity contribution in [2.45, 2.75) is 23.8 Å². The molecule has 1 aromatic rings. The number of hydrogen-bond acceptors (Lipinski definition) is 4. The van der Waals surface area contributed by atoms with Crippen LogP contribution >= 0.6 is 0 Å². The van der Waals surface area contributed by atoms with Crippen molar-refractivity contribution >= 4 is 10.0 Å². The molecule has 2 atom stereocenters. The van der Waals surface area contributed by atoms with Gasteiger partial charge in [0, 0.05) is 25.2 Å². The van der Waals surface area contributed by atoms with Gasteiger partial charge in [0.15, 0.2) is 0 Å². The highest BCUT2D eigenvalue weighted by Gasteiger charge is 2.41. The van der Waals surface area contributed by atoms with Crippen LogP contribution in [0, 0.1) is 5.92 Å². The number of hydrogen-bond donors (Lipinski definition) is 1. The van der Waals surface area contributed by atoms with Crippen molar-refractivity contribution in [3.63, 3.8) is 0 Å². The first-order valence-electron chi connectivity index (χ1n) is 6.99. The molecule has 20 heavy (non-hydrogen) atoms. The van der Waals surface area contributed by atoms with Crippen LogP contribution in [0.5, 0.6) is 5.75 Å². The number of nitrogens with zero attached hydrogens (tertiary/aromatic N) is 1. The van der Waals surface area contributed by atoms with Crippen molar-refractivity contribution in [2.24, 2.45) is 5.92 Å². The summed E-state index contributed by atoms with van der Waals surface area (Å²) in [5, 5.41) is 3.31. The molecule has 0 bridgehead atoms. The summed E-state index contributed by atoms with van der Waals surface area (Å²) in [5.74, 6) is 1.02. The second-order valence-corrected chi connectivity index (χ2v) is 7.31. The molecule has 2 heterocycles. The number of nitrogens with one attached hydrogen (secondary N) is 1. The number of fused-ring (bicyclic) bond motifs is 1. The Hall–Kier alpha value is -1.11. The Balaban J connectivity index is 1.94. The average molecular weight is 296 g/mol. The van der Waals surface area contributed by atoms with Crippen molar-refractivity contribution in [3.8, 4) is 5.75 Å². The molecule has 0 saturated carbocycles. The van der Waals surface area contributed by atoms with Gasteiger partial charge in [-0.2, -0.15) is 4.31 Å². The summed E-state index contributed by atoms with van der Waals surface area (Å²) < 4.78 is 32.5. The Morgan fingerprint density at radius 2 is 2.20 bits per heavy atom. The van der Waals surface area contributed by atoms with Crippen molar-refractivity contribution in [2.75, 3.05) is 26.7 Å². The van der Waals surface area contributed by atoms with Crippen LogP contribution in [0.2, 0.25) is 0 Å². The van der Waals surface area contributed by atoms with Gasteiger partial charge in [-0.3, -0.25) is 0 Å². The fourth-order valence-corrected chi connectivity index (χ4v) is 4.98. The summed E-state index contributed by atoms with van der Waals surface area (Å²) in [6.45, 7) is 2.30. The number of rotatable bonds is 3. The van der Waals surface area contributed by atoms with E-state index < -0.39 is 10.0 Å². The maximum absolute atomic E-state index is 12.8. The topological polar surface area (TPSA) is 58.6 Å². The molecule has 5 nitrogen and oxygen atoms in total. The van der Waals surface area contributed by atoms with Gasteiger partial charge in [-0.1, -0.05) is 6.07 Å². The van der Waals surface area contributed by atoms with Gasteiger partial charge in [0.25, 0.3) is 0 Å².